The van der Waals surface area contributed by atoms with E-state index in [-0.39, 0.29) is 5.91 Å². The maximum absolute atomic E-state index is 12.2. The van der Waals surface area contributed by atoms with Crippen LogP contribution in [-0.4, -0.2) is 35.4 Å². The van der Waals surface area contributed by atoms with E-state index in [1.54, 1.807) is 6.20 Å². The van der Waals surface area contributed by atoms with E-state index >= 15 is 0 Å². The summed E-state index contributed by atoms with van der Waals surface area (Å²) in [5, 5.41) is 0.681. The van der Waals surface area contributed by atoms with Crippen molar-refractivity contribution in [1.82, 2.24) is 9.88 Å². The molecule has 2 heterocycles. The van der Waals surface area contributed by atoms with E-state index in [0.717, 1.165) is 25.1 Å². The fourth-order valence-corrected chi connectivity index (χ4v) is 2.92. The third-order valence-electron chi connectivity index (χ3n) is 4.21. The minimum Gasteiger partial charge on any atom is -0.441 e. The second-order valence-corrected chi connectivity index (χ2v) is 6.29. The van der Waals surface area contributed by atoms with Crippen molar-refractivity contribution in [3.8, 4) is 11.3 Å². The van der Waals surface area contributed by atoms with Crippen molar-refractivity contribution in [3.05, 3.63) is 41.4 Å². The number of hydrogen-bond donors (Lipinski definition) is 1. The number of oxazole rings is 1. The number of benzene rings is 1. The molecule has 1 aliphatic rings. The summed E-state index contributed by atoms with van der Waals surface area (Å²) in [6.07, 6.45) is 3.61. The van der Waals surface area contributed by atoms with Gasteiger partial charge in [-0.15, -0.1) is 0 Å². The normalized spacial score (nSPS) is 17.7. The van der Waals surface area contributed by atoms with Gasteiger partial charge < -0.3 is 15.1 Å². The number of nitrogens with zero attached hydrogens (tertiary/aromatic N) is 2. The van der Waals surface area contributed by atoms with Crippen LogP contribution in [-0.2, 0) is 11.2 Å². The van der Waals surface area contributed by atoms with E-state index in [1.807, 2.05) is 29.2 Å². The topological polar surface area (TPSA) is 72.4 Å². The van der Waals surface area contributed by atoms with Crippen molar-refractivity contribution in [3.63, 3.8) is 0 Å². The van der Waals surface area contributed by atoms with Crippen LogP contribution in [0.1, 0.15) is 18.7 Å². The first kappa shape index (κ1) is 16.0. The minimum absolute atomic E-state index is 0.146. The Hall–Kier alpha value is -1.85. The van der Waals surface area contributed by atoms with Gasteiger partial charge in [-0.05, 0) is 43.1 Å². The summed E-state index contributed by atoms with van der Waals surface area (Å²) < 4.78 is 5.72. The Labute approximate surface area is 140 Å². The molecule has 0 aliphatic carbocycles. The lowest BCUT2D eigenvalue weighted by molar-refractivity contribution is -0.130. The van der Waals surface area contributed by atoms with Gasteiger partial charge in [-0.3, -0.25) is 4.79 Å². The third kappa shape index (κ3) is 3.92. The highest BCUT2D eigenvalue weighted by Gasteiger charge is 2.25. The highest BCUT2D eigenvalue weighted by Crippen LogP contribution is 2.23. The summed E-state index contributed by atoms with van der Waals surface area (Å²) in [7, 11) is 0. The Bertz CT molecular complexity index is 669. The molecule has 0 radical (unpaired) electrons. The number of aryl methyl sites for hydroxylation is 1. The van der Waals surface area contributed by atoms with Crippen molar-refractivity contribution in [2.75, 3.05) is 19.6 Å². The van der Waals surface area contributed by atoms with E-state index < -0.39 is 0 Å². The molecule has 6 heteroatoms. The molecule has 1 fully saturated rings. The smallest absolute Gasteiger partial charge is 0.223 e. The number of carbonyl (C=O) groups excluding carboxylic acids is 1. The molecule has 23 heavy (non-hydrogen) atoms. The van der Waals surface area contributed by atoms with Crippen LogP contribution in [0.3, 0.4) is 0 Å². The van der Waals surface area contributed by atoms with Gasteiger partial charge in [-0.1, -0.05) is 11.6 Å². The van der Waals surface area contributed by atoms with Crippen LogP contribution < -0.4 is 5.73 Å². The summed E-state index contributed by atoms with van der Waals surface area (Å²) in [4.78, 5) is 18.3. The molecule has 1 atom stereocenters. The van der Waals surface area contributed by atoms with Crippen LogP contribution in [0.25, 0.3) is 11.3 Å². The molecule has 5 nitrogen and oxygen atoms in total. The highest BCUT2D eigenvalue weighted by molar-refractivity contribution is 6.30. The number of likely N-dealkylation sites (tertiary alicyclic amines) is 1. The Morgan fingerprint density at radius 1 is 1.39 bits per heavy atom. The molecule has 1 saturated heterocycles. The lowest BCUT2D eigenvalue weighted by Gasteiger charge is -2.15. The van der Waals surface area contributed by atoms with Gasteiger partial charge in [0, 0.05) is 36.5 Å². The quantitative estimate of drug-likeness (QED) is 0.913. The fourth-order valence-electron chi connectivity index (χ4n) is 2.80. The van der Waals surface area contributed by atoms with E-state index in [9.17, 15) is 4.79 Å². The van der Waals surface area contributed by atoms with Crippen molar-refractivity contribution < 1.29 is 9.21 Å². The molecular formula is C17H20ClN3O2. The zero-order chi connectivity index (χ0) is 16.2. The Morgan fingerprint density at radius 2 is 2.17 bits per heavy atom. The van der Waals surface area contributed by atoms with E-state index in [4.69, 9.17) is 21.8 Å². The Kier molecular flexibility index (Phi) is 4.98. The molecule has 3 rings (SSSR count). The molecule has 0 bridgehead atoms. The third-order valence-corrected chi connectivity index (χ3v) is 4.46. The molecule has 0 saturated carbocycles. The number of aromatic nitrogens is 1. The van der Waals surface area contributed by atoms with Crippen LogP contribution in [0.2, 0.25) is 5.02 Å². The van der Waals surface area contributed by atoms with Crippen molar-refractivity contribution >= 4 is 17.5 Å². The molecule has 1 aromatic heterocycles. The number of nitrogens with two attached hydrogens (primary N) is 1. The summed E-state index contributed by atoms with van der Waals surface area (Å²) >= 11 is 5.88. The number of halogens is 1. The second-order valence-electron chi connectivity index (χ2n) is 5.86. The van der Waals surface area contributed by atoms with Gasteiger partial charge in [0.2, 0.25) is 5.91 Å². The predicted octanol–water partition coefficient (Wildman–Crippen LogP) is 2.73. The van der Waals surface area contributed by atoms with Crippen LogP contribution >= 0.6 is 11.6 Å². The molecule has 1 aromatic carbocycles. The van der Waals surface area contributed by atoms with Crippen LogP contribution in [0, 0.1) is 5.92 Å². The first-order valence-corrected chi connectivity index (χ1v) is 8.22. The summed E-state index contributed by atoms with van der Waals surface area (Å²) in [6.45, 7) is 2.23. The molecule has 0 spiro atoms. The summed E-state index contributed by atoms with van der Waals surface area (Å²) in [5.74, 6) is 1.86. The Morgan fingerprint density at radius 3 is 2.87 bits per heavy atom. The van der Waals surface area contributed by atoms with Gasteiger partial charge in [-0.2, -0.15) is 0 Å². The molecule has 2 aromatic rings. The first-order valence-electron chi connectivity index (χ1n) is 7.84. The first-order chi connectivity index (χ1) is 11.2. The maximum atomic E-state index is 12.2. The molecule has 1 aliphatic heterocycles. The predicted molar refractivity (Wildman–Crippen MR) is 89.0 cm³/mol. The maximum Gasteiger partial charge on any atom is 0.223 e. The molecule has 122 valence electrons. The highest BCUT2D eigenvalue weighted by atomic mass is 35.5. The SMILES string of the molecule is NCC1CCN(C(=O)CCc2ncc(-c3ccc(Cl)cc3)o2)C1. The number of rotatable bonds is 5. The van der Waals surface area contributed by atoms with Gasteiger partial charge in [0.25, 0.3) is 0 Å². The largest absolute Gasteiger partial charge is 0.441 e. The summed E-state index contributed by atoms with van der Waals surface area (Å²) in [5.41, 5.74) is 6.58. The van der Waals surface area contributed by atoms with Gasteiger partial charge >= 0.3 is 0 Å². The molecule has 2 N–H and O–H groups in total. The standard InChI is InChI=1S/C17H20ClN3O2/c18-14-3-1-13(2-4-14)15-10-20-16(23-15)5-6-17(22)21-8-7-12(9-19)11-21/h1-4,10,12H,5-9,11,19H2. The molecule has 1 unspecified atom stereocenters. The molecular weight excluding hydrogens is 314 g/mol. The summed E-state index contributed by atoms with van der Waals surface area (Å²) in [6, 6.07) is 7.39. The van der Waals surface area contributed by atoms with Gasteiger partial charge in [-0.25, -0.2) is 4.98 Å². The fraction of sp³-hybridized carbons (Fsp3) is 0.412. The van der Waals surface area contributed by atoms with Crippen LogP contribution in [0.5, 0.6) is 0 Å². The minimum atomic E-state index is 0.146. The van der Waals surface area contributed by atoms with E-state index in [0.29, 0.717) is 42.0 Å². The van der Waals surface area contributed by atoms with E-state index in [1.165, 1.54) is 0 Å². The van der Waals surface area contributed by atoms with Gasteiger partial charge in [0.05, 0.1) is 6.20 Å². The lowest BCUT2D eigenvalue weighted by Crippen LogP contribution is -2.30. The Balaban J connectivity index is 1.55. The number of carbonyl (C=O) groups is 1. The van der Waals surface area contributed by atoms with Crippen LogP contribution in [0.15, 0.2) is 34.9 Å². The zero-order valence-electron chi connectivity index (χ0n) is 12.9. The van der Waals surface area contributed by atoms with Crippen molar-refractivity contribution in [1.29, 1.82) is 0 Å². The number of hydrogen-bond acceptors (Lipinski definition) is 4. The average molecular weight is 334 g/mol. The number of amides is 1. The zero-order valence-corrected chi connectivity index (χ0v) is 13.6. The van der Waals surface area contributed by atoms with E-state index in [2.05, 4.69) is 4.98 Å². The van der Waals surface area contributed by atoms with Crippen molar-refractivity contribution in [2.45, 2.75) is 19.3 Å². The molecule has 1 amide bonds. The van der Waals surface area contributed by atoms with Gasteiger partial charge in [0.15, 0.2) is 11.7 Å². The van der Waals surface area contributed by atoms with Gasteiger partial charge in [0.1, 0.15) is 0 Å². The second kappa shape index (κ2) is 7.15. The monoisotopic (exact) mass is 333 g/mol. The van der Waals surface area contributed by atoms with Crippen molar-refractivity contribution in [2.24, 2.45) is 11.7 Å². The lowest BCUT2D eigenvalue weighted by atomic mass is 10.1. The average Bonchev–Trinajstić information content (AvgIpc) is 3.22. The van der Waals surface area contributed by atoms with Crippen LogP contribution in [0.4, 0.5) is 0 Å².